The number of benzene rings is 2. The highest BCUT2D eigenvalue weighted by molar-refractivity contribution is 5.52. The first kappa shape index (κ1) is 31.7. The molecule has 2 aromatic carbocycles. The Hall–Kier alpha value is -1.96. The van der Waals surface area contributed by atoms with E-state index in [4.69, 9.17) is 0 Å². The summed E-state index contributed by atoms with van der Waals surface area (Å²) in [6, 6.07) is 21.4. The average Bonchev–Trinajstić information content (AvgIpc) is 2.86. The van der Waals surface area contributed by atoms with Crippen molar-refractivity contribution in [1.29, 1.82) is 0 Å². The SMILES string of the molecule is CC.CC.CC.CC.CC.CC1CN(c2ccccc2)CN(c2ccccc2)C1. The summed E-state index contributed by atoms with van der Waals surface area (Å²) < 4.78 is 0. The van der Waals surface area contributed by atoms with E-state index in [1.54, 1.807) is 0 Å². The number of nitrogens with zero attached hydrogens (tertiary/aromatic N) is 2. The molecule has 0 amide bonds. The van der Waals surface area contributed by atoms with Crippen LogP contribution >= 0.6 is 0 Å². The molecule has 1 aliphatic rings. The van der Waals surface area contributed by atoms with Crippen molar-refractivity contribution >= 4 is 11.4 Å². The fourth-order valence-electron chi connectivity index (χ4n) is 2.78. The van der Waals surface area contributed by atoms with Gasteiger partial charge in [-0.2, -0.15) is 0 Å². The van der Waals surface area contributed by atoms with Gasteiger partial charge in [-0.25, -0.2) is 0 Å². The molecule has 0 aliphatic carbocycles. The summed E-state index contributed by atoms with van der Waals surface area (Å²) in [7, 11) is 0. The zero-order valence-corrected chi connectivity index (χ0v) is 21.4. The van der Waals surface area contributed by atoms with Gasteiger partial charge in [0.15, 0.2) is 0 Å². The molecule has 2 nitrogen and oxygen atoms in total. The van der Waals surface area contributed by atoms with Crippen molar-refractivity contribution in [2.45, 2.75) is 76.2 Å². The van der Waals surface area contributed by atoms with Crippen molar-refractivity contribution in [2.75, 3.05) is 29.6 Å². The lowest BCUT2D eigenvalue weighted by atomic mass is 10.1. The first-order valence-corrected chi connectivity index (χ1v) is 11.9. The third-order valence-corrected chi connectivity index (χ3v) is 3.65. The van der Waals surface area contributed by atoms with Gasteiger partial charge in [0.05, 0.1) is 6.67 Å². The second-order valence-corrected chi connectivity index (χ2v) is 5.36. The molecule has 0 N–H and O–H groups in total. The zero-order valence-electron chi connectivity index (χ0n) is 21.4. The maximum atomic E-state index is 2.46. The predicted octanol–water partition coefficient (Wildman–Crippen LogP) is 8.74. The van der Waals surface area contributed by atoms with Gasteiger partial charge < -0.3 is 9.80 Å². The predicted molar refractivity (Wildman–Crippen MR) is 138 cm³/mol. The minimum absolute atomic E-state index is 0.675. The number of anilines is 2. The van der Waals surface area contributed by atoms with E-state index in [0.29, 0.717) is 5.92 Å². The topological polar surface area (TPSA) is 6.48 Å². The van der Waals surface area contributed by atoms with E-state index in [1.807, 2.05) is 69.2 Å². The van der Waals surface area contributed by atoms with Crippen LogP contribution in [0.5, 0.6) is 0 Å². The van der Waals surface area contributed by atoms with E-state index < -0.39 is 0 Å². The van der Waals surface area contributed by atoms with Crippen LogP contribution in [0.15, 0.2) is 60.7 Å². The second kappa shape index (κ2) is 24.1. The van der Waals surface area contributed by atoms with Crippen LogP contribution in [-0.2, 0) is 0 Å². The standard InChI is InChI=1S/C17H20N2.5C2H6/c1-15-12-18(16-8-4-2-5-9-16)14-19(13-15)17-10-6-3-7-11-17;5*1-2/h2-11,15H,12-14H2,1H3;5*1-2H3. The van der Waals surface area contributed by atoms with Gasteiger partial charge in [0, 0.05) is 24.5 Å². The molecule has 2 aromatic rings. The minimum Gasteiger partial charge on any atom is -0.353 e. The van der Waals surface area contributed by atoms with Crippen LogP contribution in [0.3, 0.4) is 0 Å². The summed E-state index contributed by atoms with van der Waals surface area (Å²) in [5, 5.41) is 0. The van der Waals surface area contributed by atoms with Crippen LogP contribution in [0.4, 0.5) is 11.4 Å². The van der Waals surface area contributed by atoms with E-state index >= 15 is 0 Å². The van der Waals surface area contributed by atoms with Gasteiger partial charge in [0.2, 0.25) is 0 Å². The highest BCUT2D eigenvalue weighted by Crippen LogP contribution is 2.24. The minimum atomic E-state index is 0.675. The molecule has 0 unspecified atom stereocenters. The Labute approximate surface area is 184 Å². The van der Waals surface area contributed by atoms with Gasteiger partial charge in [-0.05, 0) is 30.2 Å². The van der Waals surface area contributed by atoms with Crippen molar-refractivity contribution in [3.8, 4) is 0 Å². The molecule has 0 saturated carbocycles. The molecule has 0 bridgehead atoms. The molecule has 1 aliphatic heterocycles. The summed E-state index contributed by atoms with van der Waals surface area (Å²) in [5.74, 6) is 0.675. The smallest absolute Gasteiger partial charge is 0.0903 e. The van der Waals surface area contributed by atoms with Crippen molar-refractivity contribution in [1.82, 2.24) is 0 Å². The summed E-state index contributed by atoms with van der Waals surface area (Å²) in [4.78, 5) is 4.92. The van der Waals surface area contributed by atoms with E-state index in [0.717, 1.165) is 19.8 Å². The maximum absolute atomic E-state index is 2.46. The molecule has 1 fully saturated rings. The van der Waals surface area contributed by atoms with Crippen LogP contribution in [0.25, 0.3) is 0 Å². The lowest BCUT2D eigenvalue weighted by Gasteiger charge is -2.41. The summed E-state index contributed by atoms with van der Waals surface area (Å²) in [6.45, 7) is 25.6. The van der Waals surface area contributed by atoms with E-state index in [1.165, 1.54) is 11.4 Å². The molecular formula is C27H50N2. The van der Waals surface area contributed by atoms with Gasteiger partial charge >= 0.3 is 0 Å². The number of rotatable bonds is 2. The van der Waals surface area contributed by atoms with Crippen LogP contribution in [0.1, 0.15) is 76.2 Å². The van der Waals surface area contributed by atoms with Gasteiger partial charge in [-0.1, -0.05) is 113 Å². The Morgan fingerprint density at radius 2 is 0.793 bits per heavy atom. The van der Waals surface area contributed by atoms with E-state index in [2.05, 4.69) is 77.4 Å². The molecule has 3 rings (SSSR count). The Bertz CT molecular complexity index is 463. The third-order valence-electron chi connectivity index (χ3n) is 3.65. The molecule has 0 spiro atoms. The van der Waals surface area contributed by atoms with Crippen LogP contribution in [0, 0.1) is 5.92 Å². The molecule has 1 saturated heterocycles. The fourth-order valence-corrected chi connectivity index (χ4v) is 2.78. The number of para-hydroxylation sites is 2. The van der Waals surface area contributed by atoms with Crippen molar-refractivity contribution in [3.63, 3.8) is 0 Å². The maximum Gasteiger partial charge on any atom is 0.0903 e. The largest absolute Gasteiger partial charge is 0.353 e. The van der Waals surface area contributed by atoms with Gasteiger partial charge in [0.25, 0.3) is 0 Å². The van der Waals surface area contributed by atoms with E-state index in [-0.39, 0.29) is 0 Å². The van der Waals surface area contributed by atoms with Gasteiger partial charge in [-0.15, -0.1) is 0 Å². The quantitative estimate of drug-likeness (QED) is 0.495. The molecule has 0 radical (unpaired) electrons. The van der Waals surface area contributed by atoms with Crippen molar-refractivity contribution in [2.24, 2.45) is 5.92 Å². The second-order valence-electron chi connectivity index (χ2n) is 5.36. The fraction of sp³-hybridized carbons (Fsp3) is 0.556. The molecule has 1 heterocycles. The number of hydrogen-bond donors (Lipinski definition) is 0. The monoisotopic (exact) mass is 402 g/mol. The Morgan fingerprint density at radius 1 is 0.517 bits per heavy atom. The van der Waals surface area contributed by atoms with Crippen LogP contribution < -0.4 is 9.80 Å². The molecule has 29 heavy (non-hydrogen) atoms. The van der Waals surface area contributed by atoms with Crippen LogP contribution in [0.2, 0.25) is 0 Å². The Balaban J connectivity index is -0.000000594. The molecule has 2 heteroatoms. The average molecular weight is 403 g/mol. The zero-order chi connectivity index (χ0) is 23.1. The highest BCUT2D eigenvalue weighted by Gasteiger charge is 2.22. The van der Waals surface area contributed by atoms with Gasteiger partial charge in [-0.3, -0.25) is 0 Å². The first-order valence-electron chi connectivity index (χ1n) is 11.9. The van der Waals surface area contributed by atoms with Crippen LogP contribution in [-0.4, -0.2) is 19.8 Å². The Kier molecular flexibility index (Phi) is 26.3. The molecular weight excluding hydrogens is 352 g/mol. The molecule has 0 aromatic heterocycles. The lowest BCUT2D eigenvalue weighted by Crippen LogP contribution is -2.49. The summed E-state index contributed by atoms with van der Waals surface area (Å²) >= 11 is 0. The molecule has 0 atom stereocenters. The van der Waals surface area contributed by atoms with E-state index in [9.17, 15) is 0 Å². The number of hydrogen-bond acceptors (Lipinski definition) is 2. The Morgan fingerprint density at radius 3 is 1.07 bits per heavy atom. The molecule has 168 valence electrons. The van der Waals surface area contributed by atoms with Crippen molar-refractivity contribution in [3.05, 3.63) is 60.7 Å². The normalized spacial score (nSPS) is 12.0. The summed E-state index contributed by atoms with van der Waals surface area (Å²) in [6.07, 6.45) is 0. The lowest BCUT2D eigenvalue weighted by molar-refractivity contribution is 0.487. The summed E-state index contributed by atoms with van der Waals surface area (Å²) in [5.41, 5.74) is 2.63. The highest BCUT2D eigenvalue weighted by atomic mass is 15.3. The van der Waals surface area contributed by atoms with Crippen molar-refractivity contribution < 1.29 is 0 Å². The first-order chi connectivity index (χ1) is 14.3. The van der Waals surface area contributed by atoms with Gasteiger partial charge in [0.1, 0.15) is 0 Å². The third kappa shape index (κ3) is 13.0.